The van der Waals surface area contributed by atoms with Crippen LogP contribution >= 0.6 is 0 Å². The number of hydrogen-bond acceptors (Lipinski definition) is 3. The van der Waals surface area contributed by atoms with Crippen molar-refractivity contribution in [2.45, 2.75) is 33.6 Å². The highest BCUT2D eigenvalue weighted by molar-refractivity contribution is 6.16. The number of nitrogens with one attached hydrogen (secondary N) is 1. The van der Waals surface area contributed by atoms with Gasteiger partial charge in [-0.1, -0.05) is 30.3 Å². The Kier molecular flexibility index (Phi) is 4.70. The fourth-order valence-corrected chi connectivity index (χ4v) is 4.71. The molecule has 29 heavy (non-hydrogen) atoms. The molecule has 3 aromatic rings. The Morgan fingerprint density at radius 1 is 0.655 bits per heavy atom. The molecular weight excluding hydrogens is 358 g/mol. The quantitative estimate of drug-likeness (QED) is 0.481. The first-order valence-electron chi connectivity index (χ1n) is 9.90. The molecule has 0 saturated heterocycles. The molecule has 0 atom stereocenters. The molecule has 0 aromatic heterocycles. The lowest BCUT2D eigenvalue weighted by Crippen LogP contribution is -2.25. The van der Waals surface area contributed by atoms with Crippen molar-refractivity contribution in [1.29, 1.82) is 5.41 Å². The third-order valence-electron chi connectivity index (χ3n) is 6.16. The van der Waals surface area contributed by atoms with E-state index in [0.717, 1.165) is 39.3 Å². The van der Waals surface area contributed by atoms with Crippen molar-refractivity contribution in [2.75, 3.05) is 14.2 Å². The molecule has 0 spiro atoms. The lowest BCUT2D eigenvalue weighted by molar-refractivity contribution is 0.354. The summed E-state index contributed by atoms with van der Waals surface area (Å²) in [5.41, 5.74) is 11.1. The summed E-state index contributed by atoms with van der Waals surface area (Å²) in [6.07, 6.45) is 0. The van der Waals surface area contributed by atoms with E-state index in [4.69, 9.17) is 14.9 Å². The van der Waals surface area contributed by atoms with E-state index in [1.54, 1.807) is 14.2 Å². The van der Waals surface area contributed by atoms with Gasteiger partial charge in [-0.25, -0.2) is 0 Å². The lowest BCUT2D eigenvalue weighted by Gasteiger charge is -2.34. The predicted octanol–water partition coefficient (Wildman–Crippen LogP) is 5.85. The van der Waals surface area contributed by atoms with Crippen molar-refractivity contribution < 1.29 is 9.47 Å². The zero-order chi connectivity index (χ0) is 20.9. The summed E-state index contributed by atoms with van der Waals surface area (Å²) in [6.45, 7) is 8.51. The summed E-state index contributed by atoms with van der Waals surface area (Å²) in [5, 5.41) is 9.08. The molecule has 1 aliphatic carbocycles. The molecule has 0 heterocycles. The van der Waals surface area contributed by atoms with E-state index in [2.05, 4.69) is 64.1 Å². The number of benzene rings is 3. The fraction of sp³-hybridized carbons (Fsp3) is 0.269. The van der Waals surface area contributed by atoms with Gasteiger partial charge in [0.05, 0.1) is 19.9 Å². The summed E-state index contributed by atoms with van der Waals surface area (Å²) >= 11 is 0. The Morgan fingerprint density at radius 3 is 1.62 bits per heavy atom. The van der Waals surface area contributed by atoms with E-state index < -0.39 is 0 Å². The van der Waals surface area contributed by atoms with Crippen LogP contribution in [-0.4, -0.2) is 19.9 Å². The average Bonchev–Trinajstić information content (AvgIpc) is 2.72. The van der Waals surface area contributed by atoms with Gasteiger partial charge in [0.2, 0.25) is 0 Å². The molecular formula is C26H27NO2. The lowest BCUT2D eigenvalue weighted by atomic mass is 9.69. The zero-order valence-corrected chi connectivity index (χ0v) is 17.9. The maximum absolute atomic E-state index is 9.08. The summed E-state index contributed by atoms with van der Waals surface area (Å²) in [7, 11) is 3.33. The van der Waals surface area contributed by atoms with Gasteiger partial charge in [0.15, 0.2) is 11.5 Å². The number of fused-ring (bicyclic) bond motifs is 2. The molecule has 148 valence electrons. The van der Waals surface area contributed by atoms with E-state index in [1.165, 1.54) is 22.3 Å². The van der Waals surface area contributed by atoms with Gasteiger partial charge in [-0.15, -0.1) is 0 Å². The van der Waals surface area contributed by atoms with Crippen LogP contribution in [0.5, 0.6) is 11.5 Å². The van der Waals surface area contributed by atoms with Crippen molar-refractivity contribution in [2.24, 2.45) is 0 Å². The van der Waals surface area contributed by atoms with Crippen LogP contribution in [0.1, 0.15) is 56.0 Å². The Morgan fingerprint density at radius 2 is 1.14 bits per heavy atom. The van der Waals surface area contributed by atoms with Gasteiger partial charge in [-0.05, 0) is 78.8 Å². The first-order chi connectivity index (χ1) is 13.9. The Hall–Kier alpha value is -3.07. The summed E-state index contributed by atoms with van der Waals surface area (Å²) in [4.78, 5) is 0. The van der Waals surface area contributed by atoms with Crippen molar-refractivity contribution >= 4 is 5.71 Å². The van der Waals surface area contributed by atoms with E-state index in [1.807, 2.05) is 6.07 Å². The summed E-state index contributed by atoms with van der Waals surface area (Å²) in [5.74, 6) is 1.50. The molecule has 0 amide bonds. The third-order valence-corrected chi connectivity index (χ3v) is 6.16. The van der Waals surface area contributed by atoms with Crippen LogP contribution in [0.25, 0.3) is 0 Å². The maximum Gasteiger partial charge on any atom is 0.161 e. The van der Waals surface area contributed by atoms with Gasteiger partial charge < -0.3 is 9.47 Å². The minimum absolute atomic E-state index is 0.0497. The standard InChI is InChI=1S/C26H27NO2/c1-14-7-9-16(3)23-21(14)25(18-11-12-19(28-5)20(13-18)29-6)22-15(2)8-10-17(4)24(22)26(23)27/h7-13,25,27H,1-6H3. The molecule has 3 heteroatoms. The molecule has 0 saturated carbocycles. The monoisotopic (exact) mass is 385 g/mol. The molecule has 1 N–H and O–H groups in total. The molecule has 3 aromatic carbocycles. The fourth-order valence-electron chi connectivity index (χ4n) is 4.71. The van der Waals surface area contributed by atoms with Crippen LogP contribution in [0.3, 0.4) is 0 Å². The SMILES string of the molecule is COc1ccc(C2c3c(C)ccc(C)c3C(=N)c3c(C)ccc(C)c32)cc1OC. The Labute approximate surface area is 172 Å². The van der Waals surface area contributed by atoms with Crippen LogP contribution in [0.2, 0.25) is 0 Å². The van der Waals surface area contributed by atoms with Crippen molar-refractivity contribution in [3.05, 3.63) is 92.5 Å². The Balaban J connectivity index is 2.11. The van der Waals surface area contributed by atoms with E-state index in [-0.39, 0.29) is 5.92 Å². The van der Waals surface area contributed by atoms with Crippen LogP contribution in [0.15, 0.2) is 42.5 Å². The molecule has 0 unspecified atom stereocenters. The van der Waals surface area contributed by atoms with Gasteiger partial charge in [-0.3, -0.25) is 5.41 Å². The largest absolute Gasteiger partial charge is 0.493 e. The van der Waals surface area contributed by atoms with Gasteiger partial charge >= 0.3 is 0 Å². The predicted molar refractivity (Wildman–Crippen MR) is 118 cm³/mol. The van der Waals surface area contributed by atoms with Gasteiger partial charge in [-0.2, -0.15) is 0 Å². The highest BCUT2D eigenvalue weighted by Crippen LogP contribution is 2.47. The average molecular weight is 386 g/mol. The second-order valence-electron chi connectivity index (χ2n) is 7.90. The molecule has 4 rings (SSSR count). The number of aryl methyl sites for hydroxylation is 4. The van der Waals surface area contributed by atoms with Crippen LogP contribution in [0, 0.1) is 33.1 Å². The highest BCUT2D eigenvalue weighted by Gasteiger charge is 2.34. The number of methoxy groups -OCH3 is 2. The molecule has 3 nitrogen and oxygen atoms in total. The minimum atomic E-state index is 0.0497. The normalized spacial score (nSPS) is 15.0. The van der Waals surface area contributed by atoms with E-state index in [9.17, 15) is 0 Å². The van der Waals surface area contributed by atoms with Crippen molar-refractivity contribution in [3.8, 4) is 11.5 Å². The molecule has 0 fully saturated rings. The summed E-state index contributed by atoms with van der Waals surface area (Å²) < 4.78 is 11.1. The highest BCUT2D eigenvalue weighted by atomic mass is 16.5. The van der Waals surface area contributed by atoms with Crippen LogP contribution in [-0.2, 0) is 0 Å². The smallest absolute Gasteiger partial charge is 0.161 e. The second-order valence-corrected chi connectivity index (χ2v) is 7.90. The minimum Gasteiger partial charge on any atom is -0.493 e. The molecule has 0 bridgehead atoms. The van der Waals surface area contributed by atoms with E-state index >= 15 is 0 Å². The second kappa shape index (κ2) is 7.07. The van der Waals surface area contributed by atoms with Crippen molar-refractivity contribution in [3.63, 3.8) is 0 Å². The zero-order valence-electron chi connectivity index (χ0n) is 17.9. The van der Waals surface area contributed by atoms with Crippen molar-refractivity contribution in [1.82, 2.24) is 0 Å². The Bertz CT molecular complexity index is 1080. The maximum atomic E-state index is 9.08. The number of hydrogen-bond donors (Lipinski definition) is 1. The van der Waals surface area contributed by atoms with Gasteiger partial charge in [0.1, 0.15) is 0 Å². The van der Waals surface area contributed by atoms with E-state index in [0.29, 0.717) is 5.71 Å². The summed E-state index contributed by atoms with van der Waals surface area (Å²) in [6, 6.07) is 14.8. The van der Waals surface area contributed by atoms with Gasteiger partial charge in [0, 0.05) is 17.0 Å². The molecule has 0 aliphatic heterocycles. The van der Waals surface area contributed by atoms with Crippen LogP contribution < -0.4 is 9.47 Å². The molecule has 0 radical (unpaired) electrons. The molecule has 1 aliphatic rings. The first kappa shape index (κ1) is 19.3. The third kappa shape index (κ3) is 2.84. The van der Waals surface area contributed by atoms with Gasteiger partial charge in [0.25, 0.3) is 0 Å². The van der Waals surface area contributed by atoms with Crippen LogP contribution in [0.4, 0.5) is 0 Å². The number of rotatable bonds is 3. The number of ether oxygens (including phenoxy) is 2. The topological polar surface area (TPSA) is 42.3 Å². The first-order valence-corrected chi connectivity index (χ1v) is 9.90.